The first-order chi connectivity index (χ1) is 7.72. The van der Waals surface area contributed by atoms with E-state index in [1.807, 2.05) is 6.07 Å². The Labute approximate surface area is 107 Å². The van der Waals surface area contributed by atoms with Crippen molar-refractivity contribution in [1.82, 2.24) is 0 Å². The van der Waals surface area contributed by atoms with Crippen molar-refractivity contribution in [3.05, 3.63) is 27.7 Å². The molecule has 1 N–H and O–H groups in total. The van der Waals surface area contributed by atoms with E-state index >= 15 is 0 Å². The molecule has 3 heteroatoms. The Kier molecular flexibility index (Phi) is 3.99. The lowest BCUT2D eigenvalue weighted by molar-refractivity contribution is 0.596. The zero-order chi connectivity index (χ0) is 11.5. The van der Waals surface area contributed by atoms with Crippen LogP contribution in [-0.4, -0.2) is 6.54 Å². The first kappa shape index (κ1) is 12.1. The van der Waals surface area contributed by atoms with Crippen molar-refractivity contribution in [3.63, 3.8) is 0 Å². The summed E-state index contributed by atoms with van der Waals surface area (Å²) in [7, 11) is 0. The summed E-state index contributed by atoms with van der Waals surface area (Å²) in [5.74, 6) is 0.581. The standard InChI is InChI=1S/C13H17Cl2N/c1-2-3-4-5-9-8-16-13-11(9)6-10(14)7-12(13)15/h6-7,9,16H,2-5,8H2,1H3. The van der Waals surface area contributed by atoms with Crippen LogP contribution in [0, 0.1) is 0 Å². The number of anilines is 1. The minimum Gasteiger partial charge on any atom is -0.383 e. The molecule has 1 aromatic rings. The zero-order valence-corrected chi connectivity index (χ0v) is 11.0. The quantitative estimate of drug-likeness (QED) is 0.742. The molecule has 1 nitrogen and oxygen atoms in total. The van der Waals surface area contributed by atoms with Gasteiger partial charge in [-0.25, -0.2) is 0 Å². The highest BCUT2D eigenvalue weighted by atomic mass is 35.5. The van der Waals surface area contributed by atoms with Gasteiger partial charge in [0.2, 0.25) is 0 Å². The minimum absolute atomic E-state index is 0.581. The molecular weight excluding hydrogens is 241 g/mol. The lowest BCUT2D eigenvalue weighted by atomic mass is 9.95. The molecule has 1 aliphatic rings. The van der Waals surface area contributed by atoms with Gasteiger partial charge in [0, 0.05) is 17.5 Å². The van der Waals surface area contributed by atoms with Crippen LogP contribution in [0.4, 0.5) is 5.69 Å². The second-order valence-electron chi connectivity index (χ2n) is 4.43. The molecule has 1 unspecified atom stereocenters. The van der Waals surface area contributed by atoms with E-state index in [4.69, 9.17) is 23.2 Å². The molecule has 0 radical (unpaired) electrons. The maximum atomic E-state index is 6.15. The van der Waals surface area contributed by atoms with Crippen molar-refractivity contribution in [2.75, 3.05) is 11.9 Å². The average molecular weight is 258 g/mol. The highest BCUT2D eigenvalue weighted by Gasteiger charge is 2.24. The van der Waals surface area contributed by atoms with Gasteiger partial charge < -0.3 is 5.32 Å². The van der Waals surface area contributed by atoms with Gasteiger partial charge in [-0.3, -0.25) is 0 Å². The summed E-state index contributed by atoms with van der Waals surface area (Å²) in [6.45, 7) is 3.23. The topological polar surface area (TPSA) is 12.0 Å². The smallest absolute Gasteiger partial charge is 0.0655 e. The Balaban J connectivity index is 2.12. The van der Waals surface area contributed by atoms with Gasteiger partial charge in [0.25, 0.3) is 0 Å². The van der Waals surface area contributed by atoms with E-state index in [1.54, 1.807) is 0 Å². The third kappa shape index (κ3) is 2.46. The van der Waals surface area contributed by atoms with Gasteiger partial charge in [0.15, 0.2) is 0 Å². The van der Waals surface area contributed by atoms with E-state index in [1.165, 1.54) is 31.2 Å². The Bertz CT molecular complexity index is 376. The molecule has 0 saturated carbocycles. The second kappa shape index (κ2) is 5.29. The van der Waals surface area contributed by atoms with Crippen LogP contribution >= 0.6 is 23.2 Å². The number of fused-ring (bicyclic) bond motifs is 1. The highest BCUT2D eigenvalue weighted by Crippen LogP contribution is 2.41. The monoisotopic (exact) mass is 257 g/mol. The highest BCUT2D eigenvalue weighted by molar-refractivity contribution is 6.36. The van der Waals surface area contributed by atoms with E-state index in [0.29, 0.717) is 5.92 Å². The number of halogens is 2. The summed E-state index contributed by atoms with van der Waals surface area (Å²) < 4.78 is 0. The van der Waals surface area contributed by atoms with Crippen LogP contribution in [0.3, 0.4) is 0 Å². The van der Waals surface area contributed by atoms with Crippen LogP contribution in [0.2, 0.25) is 10.0 Å². The molecule has 1 heterocycles. The van der Waals surface area contributed by atoms with E-state index < -0.39 is 0 Å². The summed E-state index contributed by atoms with van der Waals surface area (Å²) in [6, 6.07) is 3.86. The lowest BCUT2D eigenvalue weighted by Crippen LogP contribution is -2.01. The molecule has 0 saturated heterocycles. The number of benzene rings is 1. The average Bonchev–Trinajstić information content (AvgIpc) is 2.62. The van der Waals surface area contributed by atoms with Gasteiger partial charge in [0.1, 0.15) is 0 Å². The van der Waals surface area contributed by atoms with Crippen LogP contribution in [0.5, 0.6) is 0 Å². The lowest BCUT2D eigenvalue weighted by Gasteiger charge is -2.10. The normalized spacial score (nSPS) is 18.3. The van der Waals surface area contributed by atoms with Crippen molar-refractivity contribution < 1.29 is 0 Å². The van der Waals surface area contributed by atoms with Crippen molar-refractivity contribution in [3.8, 4) is 0 Å². The molecular formula is C13H17Cl2N. The van der Waals surface area contributed by atoms with Crippen LogP contribution in [0.15, 0.2) is 12.1 Å². The zero-order valence-electron chi connectivity index (χ0n) is 9.52. The van der Waals surface area contributed by atoms with E-state index in [0.717, 1.165) is 22.3 Å². The molecule has 0 spiro atoms. The SMILES string of the molecule is CCCCCC1CNc2c(Cl)cc(Cl)cc21. The number of hydrogen-bond donors (Lipinski definition) is 1. The van der Waals surface area contributed by atoms with Crippen molar-refractivity contribution >= 4 is 28.9 Å². The second-order valence-corrected chi connectivity index (χ2v) is 5.27. The molecule has 0 aromatic heterocycles. The Hall–Kier alpha value is -0.400. The fourth-order valence-electron chi connectivity index (χ4n) is 2.34. The molecule has 1 atom stereocenters. The summed E-state index contributed by atoms with van der Waals surface area (Å²) in [5, 5.41) is 4.88. The minimum atomic E-state index is 0.581. The van der Waals surface area contributed by atoms with E-state index in [9.17, 15) is 0 Å². The largest absolute Gasteiger partial charge is 0.383 e. The van der Waals surface area contributed by atoms with Crippen LogP contribution in [0.25, 0.3) is 0 Å². The molecule has 16 heavy (non-hydrogen) atoms. The molecule has 88 valence electrons. The molecule has 0 aliphatic carbocycles. The fourth-order valence-corrected chi connectivity index (χ4v) is 2.91. The first-order valence-electron chi connectivity index (χ1n) is 5.95. The number of nitrogens with one attached hydrogen (secondary N) is 1. The van der Waals surface area contributed by atoms with Gasteiger partial charge in [-0.15, -0.1) is 0 Å². The third-order valence-electron chi connectivity index (χ3n) is 3.21. The molecule has 0 fully saturated rings. The van der Waals surface area contributed by atoms with Gasteiger partial charge in [0.05, 0.1) is 10.7 Å². The predicted molar refractivity (Wildman–Crippen MR) is 71.8 cm³/mol. The summed E-state index contributed by atoms with van der Waals surface area (Å²) in [6.07, 6.45) is 5.08. The Morgan fingerprint density at radius 3 is 2.88 bits per heavy atom. The number of unbranched alkanes of at least 4 members (excludes halogenated alkanes) is 2. The maximum absolute atomic E-state index is 6.15. The molecule has 1 aromatic carbocycles. The molecule has 2 rings (SSSR count). The first-order valence-corrected chi connectivity index (χ1v) is 6.70. The maximum Gasteiger partial charge on any atom is 0.0655 e. The predicted octanol–water partition coefficient (Wildman–Crippen LogP) is 5.08. The molecule has 0 bridgehead atoms. The van der Waals surface area contributed by atoms with Crippen LogP contribution in [0.1, 0.15) is 44.1 Å². The Morgan fingerprint density at radius 1 is 1.31 bits per heavy atom. The molecule has 0 amide bonds. The summed E-state index contributed by atoms with van der Waals surface area (Å²) >= 11 is 12.2. The summed E-state index contributed by atoms with van der Waals surface area (Å²) in [4.78, 5) is 0. The molecule has 1 aliphatic heterocycles. The van der Waals surface area contributed by atoms with Gasteiger partial charge in [-0.1, -0.05) is 49.4 Å². The van der Waals surface area contributed by atoms with Crippen LogP contribution < -0.4 is 5.32 Å². The van der Waals surface area contributed by atoms with Crippen molar-refractivity contribution in [2.45, 2.75) is 38.5 Å². The van der Waals surface area contributed by atoms with Crippen LogP contribution in [-0.2, 0) is 0 Å². The van der Waals surface area contributed by atoms with Crippen molar-refractivity contribution in [2.24, 2.45) is 0 Å². The van der Waals surface area contributed by atoms with Gasteiger partial charge in [-0.2, -0.15) is 0 Å². The van der Waals surface area contributed by atoms with E-state index in [-0.39, 0.29) is 0 Å². The van der Waals surface area contributed by atoms with Gasteiger partial charge in [-0.05, 0) is 24.1 Å². The van der Waals surface area contributed by atoms with Gasteiger partial charge >= 0.3 is 0 Å². The number of hydrogen-bond acceptors (Lipinski definition) is 1. The van der Waals surface area contributed by atoms with E-state index in [2.05, 4.69) is 18.3 Å². The third-order valence-corrected chi connectivity index (χ3v) is 3.72. The Morgan fingerprint density at radius 2 is 2.12 bits per heavy atom. The van der Waals surface area contributed by atoms with Crippen molar-refractivity contribution in [1.29, 1.82) is 0 Å². The fraction of sp³-hybridized carbons (Fsp3) is 0.538. The number of rotatable bonds is 4. The summed E-state index contributed by atoms with van der Waals surface area (Å²) in [5.41, 5.74) is 2.39.